The lowest BCUT2D eigenvalue weighted by atomic mass is 9.68. The van der Waals surface area contributed by atoms with Crippen LogP contribution in [0.4, 0.5) is 0 Å². The van der Waals surface area contributed by atoms with Gasteiger partial charge in [0.2, 0.25) is 11.8 Å². The van der Waals surface area contributed by atoms with Crippen molar-refractivity contribution in [2.24, 2.45) is 0 Å². The summed E-state index contributed by atoms with van der Waals surface area (Å²) in [6, 6.07) is 5.59. The SMILES string of the molecule is CCC(=O)N1CCC2(CC1)CN(C(=O)CN1CCOCC1)[C@@H](CO)c1[nH]c3cc(OC)ccc3c12. The summed E-state index contributed by atoms with van der Waals surface area (Å²) in [5.41, 5.74) is 2.77. The van der Waals surface area contributed by atoms with E-state index < -0.39 is 6.04 Å². The normalized spacial score (nSPS) is 22.4. The van der Waals surface area contributed by atoms with E-state index in [-0.39, 0.29) is 23.8 Å². The number of hydrogen-bond donors (Lipinski definition) is 2. The van der Waals surface area contributed by atoms with Gasteiger partial charge in [-0.15, -0.1) is 0 Å². The van der Waals surface area contributed by atoms with Gasteiger partial charge in [-0.1, -0.05) is 6.92 Å². The third kappa shape index (κ3) is 4.30. The Hall–Kier alpha value is -2.62. The maximum absolute atomic E-state index is 13.6. The lowest BCUT2D eigenvalue weighted by molar-refractivity contribution is -0.141. The van der Waals surface area contributed by atoms with Crippen molar-refractivity contribution in [3.63, 3.8) is 0 Å². The largest absolute Gasteiger partial charge is 0.497 e. The zero-order valence-electron chi connectivity index (χ0n) is 20.7. The number of aliphatic hydroxyl groups excluding tert-OH is 1. The number of nitrogens with one attached hydrogen (secondary N) is 1. The number of piperidine rings is 1. The van der Waals surface area contributed by atoms with Crippen LogP contribution < -0.4 is 4.74 Å². The minimum Gasteiger partial charge on any atom is -0.497 e. The average Bonchev–Trinajstić information content (AvgIpc) is 3.28. The van der Waals surface area contributed by atoms with Crippen molar-refractivity contribution < 1.29 is 24.2 Å². The van der Waals surface area contributed by atoms with Gasteiger partial charge in [0.15, 0.2) is 0 Å². The number of carbonyl (C=O) groups is 2. The van der Waals surface area contributed by atoms with Crippen LogP contribution in [-0.4, -0.2) is 103 Å². The van der Waals surface area contributed by atoms with Crippen LogP contribution in [0.15, 0.2) is 18.2 Å². The third-order valence-corrected chi connectivity index (χ3v) is 8.08. The first kappa shape index (κ1) is 24.1. The number of hydrogen-bond acceptors (Lipinski definition) is 6. The number of nitrogens with zero attached hydrogens (tertiary/aromatic N) is 3. The van der Waals surface area contributed by atoms with Gasteiger partial charge < -0.3 is 29.4 Å². The number of benzene rings is 1. The molecule has 190 valence electrons. The second-order valence-electron chi connectivity index (χ2n) is 9.95. The molecule has 35 heavy (non-hydrogen) atoms. The molecule has 5 rings (SSSR count). The highest BCUT2D eigenvalue weighted by atomic mass is 16.5. The van der Waals surface area contributed by atoms with E-state index >= 15 is 0 Å². The first-order chi connectivity index (χ1) is 17.0. The maximum Gasteiger partial charge on any atom is 0.237 e. The fourth-order valence-electron chi connectivity index (χ4n) is 6.13. The summed E-state index contributed by atoms with van der Waals surface area (Å²) >= 11 is 0. The highest BCUT2D eigenvalue weighted by Gasteiger charge is 2.49. The van der Waals surface area contributed by atoms with Crippen molar-refractivity contribution >= 4 is 22.7 Å². The number of methoxy groups -OCH3 is 1. The van der Waals surface area contributed by atoms with Crippen LogP contribution in [0, 0.1) is 0 Å². The quantitative estimate of drug-likeness (QED) is 0.670. The molecule has 1 spiro atoms. The molecule has 2 N–H and O–H groups in total. The predicted molar refractivity (Wildman–Crippen MR) is 131 cm³/mol. The van der Waals surface area contributed by atoms with E-state index in [1.807, 2.05) is 28.9 Å². The van der Waals surface area contributed by atoms with Gasteiger partial charge in [-0.05, 0) is 30.5 Å². The lowest BCUT2D eigenvalue weighted by Gasteiger charge is -2.50. The lowest BCUT2D eigenvalue weighted by Crippen LogP contribution is -2.57. The maximum atomic E-state index is 13.6. The van der Waals surface area contributed by atoms with Gasteiger partial charge >= 0.3 is 0 Å². The minimum atomic E-state index is -0.433. The van der Waals surface area contributed by atoms with Gasteiger partial charge in [0.1, 0.15) is 5.75 Å². The molecule has 4 heterocycles. The van der Waals surface area contributed by atoms with Gasteiger partial charge in [-0.2, -0.15) is 0 Å². The Morgan fingerprint density at radius 3 is 2.57 bits per heavy atom. The van der Waals surface area contributed by atoms with E-state index in [1.54, 1.807) is 7.11 Å². The topological polar surface area (TPSA) is 98.3 Å². The van der Waals surface area contributed by atoms with Gasteiger partial charge in [-0.25, -0.2) is 0 Å². The van der Waals surface area contributed by atoms with Crippen molar-refractivity contribution in [1.29, 1.82) is 0 Å². The molecule has 0 aliphatic carbocycles. The molecule has 0 unspecified atom stereocenters. The third-order valence-electron chi connectivity index (χ3n) is 8.08. The number of aromatic nitrogens is 1. The van der Waals surface area contributed by atoms with Gasteiger partial charge in [0.25, 0.3) is 0 Å². The molecule has 1 aromatic carbocycles. The van der Waals surface area contributed by atoms with Crippen LogP contribution in [0.2, 0.25) is 0 Å². The van der Waals surface area contributed by atoms with Crippen LogP contribution in [0.3, 0.4) is 0 Å². The number of ether oxygens (including phenoxy) is 2. The molecule has 3 aliphatic rings. The molecule has 2 aromatic rings. The highest BCUT2D eigenvalue weighted by molar-refractivity contribution is 5.89. The Kier molecular flexibility index (Phi) is 6.74. The first-order valence-corrected chi connectivity index (χ1v) is 12.7. The van der Waals surface area contributed by atoms with Crippen molar-refractivity contribution in [1.82, 2.24) is 19.7 Å². The minimum absolute atomic E-state index is 0.0271. The zero-order chi connectivity index (χ0) is 24.6. The molecule has 0 radical (unpaired) electrons. The number of aromatic amines is 1. The van der Waals surface area contributed by atoms with E-state index in [2.05, 4.69) is 16.0 Å². The predicted octanol–water partition coefficient (Wildman–Crippen LogP) is 1.65. The number of rotatable bonds is 5. The summed E-state index contributed by atoms with van der Waals surface area (Å²) in [6.07, 6.45) is 2.07. The second kappa shape index (κ2) is 9.79. The summed E-state index contributed by atoms with van der Waals surface area (Å²) in [5, 5.41) is 11.6. The van der Waals surface area contributed by atoms with E-state index in [4.69, 9.17) is 9.47 Å². The Bertz CT molecular complexity index is 1080. The Labute approximate surface area is 205 Å². The van der Waals surface area contributed by atoms with Gasteiger partial charge in [0, 0.05) is 67.2 Å². The van der Waals surface area contributed by atoms with Crippen molar-refractivity contribution in [2.45, 2.75) is 37.6 Å². The van der Waals surface area contributed by atoms with E-state index in [0.717, 1.165) is 48.3 Å². The van der Waals surface area contributed by atoms with Crippen LogP contribution in [0.25, 0.3) is 10.9 Å². The molecule has 1 atom stereocenters. The molecule has 0 bridgehead atoms. The fraction of sp³-hybridized carbons (Fsp3) is 0.615. The number of H-pyrrole nitrogens is 1. The summed E-state index contributed by atoms with van der Waals surface area (Å²) in [6.45, 7) is 6.69. The molecule has 0 saturated carbocycles. The summed E-state index contributed by atoms with van der Waals surface area (Å²) < 4.78 is 10.9. The monoisotopic (exact) mass is 484 g/mol. The second-order valence-corrected chi connectivity index (χ2v) is 9.95. The molecule has 9 heteroatoms. The smallest absolute Gasteiger partial charge is 0.237 e. The molecular formula is C26H36N4O5. The Morgan fingerprint density at radius 1 is 1.17 bits per heavy atom. The first-order valence-electron chi connectivity index (χ1n) is 12.7. The molecule has 9 nitrogen and oxygen atoms in total. The van der Waals surface area contributed by atoms with Crippen LogP contribution in [0.1, 0.15) is 43.5 Å². The number of likely N-dealkylation sites (tertiary alicyclic amines) is 1. The number of aliphatic hydroxyl groups is 1. The molecule has 1 aromatic heterocycles. The summed E-state index contributed by atoms with van der Waals surface area (Å²) in [7, 11) is 1.65. The van der Waals surface area contributed by atoms with E-state index in [1.165, 1.54) is 5.56 Å². The Morgan fingerprint density at radius 2 is 1.91 bits per heavy atom. The van der Waals surface area contributed by atoms with Crippen LogP contribution in [0.5, 0.6) is 5.75 Å². The molecule has 3 aliphatic heterocycles. The number of carbonyl (C=O) groups excluding carboxylic acids is 2. The Balaban J connectivity index is 1.54. The number of morpholine rings is 1. The molecule has 2 fully saturated rings. The average molecular weight is 485 g/mol. The van der Waals surface area contributed by atoms with E-state index in [9.17, 15) is 14.7 Å². The summed E-state index contributed by atoms with van der Waals surface area (Å²) in [5.74, 6) is 0.960. The fourth-order valence-corrected chi connectivity index (χ4v) is 6.13. The zero-order valence-corrected chi connectivity index (χ0v) is 20.7. The van der Waals surface area contributed by atoms with Crippen molar-refractivity contribution in [3.8, 4) is 5.75 Å². The van der Waals surface area contributed by atoms with Crippen LogP contribution >= 0.6 is 0 Å². The highest BCUT2D eigenvalue weighted by Crippen LogP contribution is 2.49. The molecule has 2 amide bonds. The van der Waals surface area contributed by atoms with Crippen LogP contribution in [-0.2, 0) is 19.7 Å². The summed E-state index contributed by atoms with van der Waals surface area (Å²) in [4.78, 5) is 35.5. The van der Waals surface area contributed by atoms with Gasteiger partial charge in [0.05, 0.1) is 39.5 Å². The van der Waals surface area contributed by atoms with Crippen molar-refractivity contribution in [3.05, 3.63) is 29.5 Å². The molecule has 2 saturated heterocycles. The van der Waals surface area contributed by atoms with Crippen molar-refractivity contribution in [2.75, 3.05) is 66.2 Å². The number of fused-ring (bicyclic) bond motifs is 4. The van der Waals surface area contributed by atoms with E-state index in [0.29, 0.717) is 45.8 Å². The van der Waals surface area contributed by atoms with Gasteiger partial charge in [-0.3, -0.25) is 14.5 Å². The number of amides is 2. The molecular weight excluding hydrogens is 448 g/mol. The standard InChI is InChI=1S/C26H36N4O5/c1-3-22(32)29-8-6-26(7-9-29)17-30(23(33)15-28-10-12-35-13-11-28)21(16-31)25-24(26)19-5-4-18(34-2)14-20(19)27-25/h4-5,14,21,27,31H,3,6-13,15-17H2,1-2H3/t21-/m0/s1.